The molecule has 2 rings (SSSR count). The summed E-state index contributed by atoms with van der Waals surface area (Å²) in [5.41, 5.74) is 5.93. The topological polar surface area (TPSA) is 58.8 Å². The number of nitrogens with zero attached hydrogens (tertiary/aromatic N) is 2. The van der Waals surface area contributed by atoms with Gasteiger partial charge >= 0.3 is 6.09 Å². The van der Waals surface area contributed by atoms with Gasteiger partial charge in [-0.15, -0.1) is 0 Å². The Bertz CT molecular complexity index is 290. The van der Waals surface area contributed by atoms with Crippen LogP contribution in [-0.2, 0) is 4.74 Å². The lowest BCUT2D eigenvalue weighted by Gasteiger charge is -2.37. The van der Waals surface area contributed by atoms with Crippen molar-refractivity contribution in [3.05, 3.63) is 0 Å². The van der Waals surface area contributed by atoms with Crippen LogP contribution in [0.4, 0.5) is 4.79 Å². The van der Waals surface area contributed by atoms with E-state index in [1.165, 1.54) is 6.42 Å². The van der Waals surface area contributed by atoms with Gasteiger partial charge in [-0.1, -0.05) is 0 Å². The number of hydrogen-bond donors (Lipinski definition) is 1. The smallest absolute Gasteiger partial charge is 0.409 e. The maximum Gasteiger partial charge on any atom is 0.409 e. The highest BCUT2D eigenvalue weighted by Gasteiger charge is 2.27. The van der Waals surface area contributed by atoms with Gasteiger partial charge in [-0.3, -0.25) is 0 Å². The molecule has 0 aliphatic carbocycles. The first kappa shape index (κ1) is 14.6. The van der Waals surface area contributed by atoms with Gasteiger partial charge in [-0.2, -0.15) is 0 Å². The molecule has 0 bridgehead atoms. The molecule has 110 valence electrons. The molecule has 2 heterocycles. The molecule has 2 saturated heterocycles. The zero-order valence-electron chi connectivity index (χ0n) is 12.0. The Kier molecular flexibility index (Phi) is 5.45. The van der Waals surface area contributed by atoms with Crippen molar-refractivity contribution in [1.29, 1.82) is 0 Å². The largest absolute Gasteiger partial charge is 0.450 e. The molecule has 1 atom stereocenters. The van der Waals surface area contributed by atoms with Crippen LogP contribution in [0.5, 0.6) is 0 Å². The van der Waals surface area contributed by atoms with Crippen LogP contribution in [0.3, 0.4) is 0 Å². The number of carbonyl (C=O) groups is 1. The van der Waals surface area contributed by atoms with Gasteiger partial charge in [0.15, 0.2) is 0 Å². The fourth-order valence-corrected chi connectivity index (χ4v) is 3.10. The minimum atomic E-state index is -0.145. The number of nitrogens with two attached hydrogens (primary N) is 1. The second kappa shape index (κ2) is 7.10. The van der Waals surface area contributed by atoms with E-state index in [2.05, 4.69) is 4.90 Å². The van der Waals surface area contributed by atoms with Crippen molar-refractivity contribution >= 4 is 6.09 Å². The van der Waals surface area contributed by atoms with Gasteiger partial charge < -0.3 is 20.3 Å². The van der Waals surface area contributed by atoms with E-state index >= 15 is 0 Å². The van der Waals surface area contributed by atoms with Crippen molar-refractivity contribution in [1.82, 2.24) is 9.80 Å². The maximum absolute atomic E-state index is 11.8. The normalized spacial score (nSPS) is 26.4. The van der Waals surface area contributed by atoms with E-state index in [0.29, 0.717) is 18.6 Å². The number of likely N-dealkylation sites (tertiary alicyclic amines) is 2. The summed E-state index contributed by atoms with van der Waals surface area (Å²) in [6.07, 6.45) is 4.38. The van der Waals surface area contributed by atoms with Crippen molar-refractivity contribution in [3.63, 3.8) is 0 Å². The molecule has 0 spiro atoms. The van der Waals surface area contributed by atoms with Crippen molar-refractivity contribution in [2.45, 2.75) is 38.6 Å². The molecule has 2 N–H and O–H groups in total. The maximum atomic E-state index is 11.8. The summed E-state index contributed by atoms with van der Waals surface area (Å²) in [7, 11) is 0. The third-order valence-corrected chi connectivity index (χ3v) is 4.19. The fourth-order valence-electron chi connectivity index (χ4n) is 3.10. The Morgan fingerprint density at radius 2 is 2.00 bits per heavy atom. The molecule has 0 aromatic rings. The number of ether oxygens (including phenoxy) is 1. The number of piperidine rings is 2. The lowest BCUT2D eigenvalue weighted by molar-refractivity contribution is 0.0774. The Morgan fingerprint density at radius 1 is 1.26 bits per heavy atom. The molecule has 0 aromatic heterocycles. The molecule has 2 aliphatic heterocycles. The summed E-state index contributed by atoms with van der Waals surface area (Å²) in [6, 6.07) is 0.388. The lowest BCUT2D eigenvalue weighted by atomic mass is 9.96. The highest BCUT2D eigenvalue weighted by Crippen LogP contribution is 2.20. The predicted molar refractivity (Wildman–Crippen MR) is 75.0 cm³/mol. The minimum Gasteiger partial charge on any atom is -0.450 e. The second-order valence-electron chi connectivity index (χ2n) is 5.79. The molecule has 1 amide bonds. The Morgan fingerprint density at radius 3 is 2.68 bits per heavy atom. The molecule has 5 heteroatoms. The van der Waals surface area contributed by atoms with Gasteiger partial charge in [0.1, 0.15) is 0 Å². The molecular weight excluding hydrogens is 242 g/mol. The quantitative estimate of drug-likeness (QED) is 0.838. The van der Waals surface area contributed by atoms with E-state index in [1.807, 2.05) is 11.8 Å². The number of rotatable bonds is 3. The number of amides is 1. The van der Waals surface area contributed by atoms with Crippen LogP contribution >= 0.6 is 0 Å². The van der Waals surface area contributed by atoms with Gasteiger partial charge in [0.05, 0.1) is 6.61 Å². The third-order valence-electron chi connectivity index (χ3n) is 4.19. The van der Waals surface area contributed by atoms with Crippen molar-refractivity contribution in [2.24, 2.45) is 11.7 Å². The van der Waals surface area contributed by atoms with E-state index < -0.39 is 0 Å². The summed E-state index contributed by atoms with van der Waals surface area (Å²) in [6.45, 7) is 7.33. The van der Waals surface area contributed by atoms with Crippen molar-refractivity contribution in [3.8, 4) is 0 Å². The summed E-state index contributed by atoms with van der Waals surface area (Å²) in [5, 5.41) is 0. The molecule has 0 radical (unpaired) electrons. The standard InChI is InChI=1S/C14H27N3O2/c1-2-19-14(18)17-7-3-4-12(11-17)10-16-8-5-13(15)6-9-16/h12-13H,2-11,15H2,1H3. The molecule has 1 unspecified atom stereocenters. The molecule has 0 saturated carbocycles. The van der Waals surface area contributed by atoms with Crippen LogP contribution in [0, 0.1) is 5.92 Å². The number of hydrogen-bond acceptors (Lipinski definition) is 4. The zero-order valence-corrected chi connectivity index (χ0v) is 12.0. The van der Waals surface area contributed by atoms with E-state index in [0.717, 1.165) is 52.0 Å². The monoisotopic (exact) mass is 269 g/mol. The van der Waals surface area contributed by atoms with Crippen LogP contribution in [0.15, 0.2) is 0 Å². The van der Waals surface area contributed by atoms with E-state index in [9.17, 15) is 4.79 Å². The van der Waals surface area contributed by atoms with Crippen LogP contribution < -0.4 is 5.73 Å². The van der Waals surface area contributed by atoms with E-state index in [1.54, 1.807) is 0 Å². The summed E-state index contributed by atoms with van der Waals surface area (Å²) < 4.78 is 5.09. The number of carbonyl (C=O) groups excluding carboxylic acids is 1. The van der Waals surface area contributed by atoms with Crippen LogP contribution in [0.2, 0.25) is 0 Å². The highest BCUT2D eigenvalue weighted by atomic mass is 16.6. The molecule has 2 aliphatic rings. The minimum absolute atomic E-state index is 0.145. The Labute approximate surface area is 116 Å². The average Bonchev–Trinajstić information content (AvgIpc) is 2.42. The second-order valence-corrected chi connectivity index (χ2v) is 5.79. The molecule has 19 heavy (non-hydrogen) atoms. The predicted octanol–water partition coefficient (Wildman–Crippen LogP) is 1.28. The van der Waals surface area contributed by atoms with Gasteiger partial charge in [0.25, 0.3) is 0 Å². The van der Waals surface area contributed by atoms with Crippen LogP contribution in [0.25, 0.3) is 0 Å². The first-order valence-corrected chi connectivity index (χ1v) is 7.58. The third kappa shape index (κ3) is 4.35. The Balaban J connectivity index is 1.76. The molecule has 2 fully saturated rings. The van der Waals surface area contributed by atoms with Gasteiger partial charge in [-0.25, -0.2) is 4.79 Å². The molecule has 5 nitrogen and oxygen atoms in total. The highest BCUT2D eigenvalue weighted by molar-refractivity contribution is 5.67. The van der Waals surface area contributed by atoms with Gasteiger partial charge in [0, 0.05) is 25.7 Å². The summed E-state index contributed by atoms with van der Waals surface area (Å²) >= 11 is 0. The summed E-state index contributed by atoms with van der Waals surface area (Å²) in [5.74, 6) is 0.590. The molecular formula is C14H27N3O2. The summed E-state index contributed by atoms with van der Waals surface area (Å²) in [4.78, 5) is 16.1. The van der Waals surface area contributed by atoms with E-state index in [4.69, 9.17) is 10.5 Å². The first-order chi connectivity index (χ1) is 9.19. The zero-order chi connectivity index (χ0) is 13.7. The average molecular weight is 269 g/mol. The SMILES string of the molecule is CCOC(=O)N1CCCC(CN2CCC(N)CC2)C1. The molecule has 0 aromatic carbocycles. The first-order valence-electron chi connectivity index (χ1n) is 7.58. The fraction of sp³-hybridized carbons (Fsp3) is 0.929. The Hall–Kier alpha value is -0.810. The van der Waals surface area contributed by atoms with E-state index in [-0.39, 0.29) is 6.09 Å². The van der Waals surface area contributed by atoms with Crippen molar-refractivity contribution < 1.29 is 9.53 Å². The van der Waals surface area contributed by atoms with Crippen LogP contribution in [0.1, 0.15) is 32.6 Å². The van der Waals surface area contributed by atoms with Crippen molar-refractivity contribution in [2.75, 3.05) is 39.3 Å². The van der Waals surface area contributed by atoms with Gasteiger partial charge in [-0.05, 0) is 51.6 Å². The van der Waals surface area contributed by atoms with Gasteiger partial charge in [0.2, 0.25) is 0 Å². The van der Waals surface area contributed by atoms with Crippen LogP contribution in [-0.4, -0.2) is 61.3 Å². The lowest BCUT2D eigenvalue weighted by Crippen LogP contribution is -2.46.